The van der Waals surface area contributed by atoms with E-state index in [1.54, 1.807) is 12.1 Å². The minimum atomic E-state index is -1.84. The van der Waals surface area contributed by atoms with Gasteiger partial charge in [-0.1, -0.05) is 11.6 Å². The Morgan fingerprint density at radius 1 is 1.23 bits per heavy atom. The second-order valence-electron chi connectivity index (χ2n) is 2.05. The van der Waals surface area contributed by atoms with Crippen LogP contribution in [0.5, 0.6) is 5.75 Å². The summed E-state index contributed by atoms with van der Waals surface area (Å²) in [4.78, 5) is 12.1. The Morgan fingerprint density at radius 2 is 1.85 bits per heavy atom. The molecule has 0 saturated heterocycles. The highest BCUT2D eigenvalue weighted by Crippen LogP contribution is 2.15. The minimum Gasteiger partial charge on any atom is -0.398 e. The second kappa shape index (κ2) is 5.06. The molecule has 1 aromatic rings. The van der Waals surface area contributed by atoms with Crippen LogP contribution in [0.4, 0.5) is 0 Å². The van der Waals surface area contributed by atoms with Gasteiger partial charge in [-0.3, -0.25) is 5.26 Å². The summed E-state index contributed by atoms with van der Waals surface area (Å²) >= 11 is 5.59. The molecule has 0 unspecified atom stereocenters. The minimum absolute atomic E-state index is 0.320. The van der Waals surface area contributed by atoms with E-state index >= 15 is 0 Å². The Morgan fingerprint density at radius 3 is 2.38 bits per heavy atom. The van der Waals surface area contributed by atoms with Crippen molar-refractivity contribution in [1.29, 1.82) is 0 Å². The van der Waals surface area contributed by atoms with E-state index in [4.69, 9.17) is 21.9 Å². The normalized spacial score (nSPS) is 9.77. The van der Waals surface area contributed by atoms with Gasteiger partial charge in [0.05, 0.1) is 0 Å². The van der Waals surface area contributed by atoms with Gasteiger partial charge in [-0.25, -0.2) is 4.81 Å². The van der Waals surface area contributed by atoms with Crippen molar-refractivity contribution in [3.8, 4) is 5.75 Å². The molecule has 1 aromatic carbocycles. The maximum atomic E-state index is 8.53. The molecule has 0 saturated carbocycles. The first-order valence-electron chi connectivity index (χ1n) is 3.29. The van der Waals surface area contributed by atoms with Crippen LogP contribution < -0.4 is 4.89 Å². The van der Waals surface area contributed by atoms with E-state index in [-0.39, 0.29) is 0 Å². The van der Waals surface area contributed by atoms with Crippen LogP contribution in [0.25, 0.3) is 0 Å². The molecule has 0 heterocycles. The van der Waals surface area contributed by atoms with E-state index in [2.05, 4.69) is 14.5 Å². The third kappa shape index (κ3) is 3.62. The standard InChI is InChI=1S/C6H6BClO5/c8-5-1-3-6(4-2-5)11-13-7(9)12-10/h1-4,9-10H. The van der Waals surface area contributed by atoms with Gasteiger partial charge in [-0.2, -0.15) is 4.81 Å². The van der Waals surface area contributed by atoms with E-state index in [1.165, 1.54) is 12.1 Å². The van der Waals surface area contributed by atoms with Crippen molar-refractivity contribution in [2.75, 3.05) is 0 Å². The molecule has 70 valence electrons. The summed E-state index contributed by atoms with van der Waals surface area (Å²) in [7, 11) is -1.84. The molecular formula is C6H6BClO5. The molecule has 0 aliphatic carbocycles. The van der Waals surface area contributed by atoms with Crippen LogP contribution in [0.1, 0.15) is 0 Å². The summed E-state index contributed by atoms with van der Waals surface area (Å²) < 4.78 is 0. The highest BCUT2D eigenvalue weighted by Gasteiger charge is 2.17. The Hall–Kier alpha value is -0.785. The fourth-order valence-electron chi connectivity index (χ4n) is 0.604. The maximum Gasteiger partial charge on any atom is 0.703 e. The predicted molar refractivity (Wildman–Crippen MR) is 44.9 cm³/mol. The van der Waals surface area contributed by atoms with E-state index in [9.17, 15) is 0 Å². The molecule has 2 N–H and O–H groups in total. The zero-order chi connectivity index (χ0) is 9.68. The fourth-order valence-corrected chi connectivity index (χ4v) is 0.730. The lowest BCUT2D eigenvalue weighted by Crippen LogP contribution is -2.22. The van der Waals surface area contributed by atoms with Gasteiger partial charge < -0.3 is 9.91 Å². The van der Waals surface area contributed by atoms with E-state index in [0.717, 1.165) is 0 Å². The number of halogens is 1. The zero-order valence-electron chi connectivity index (χ0n) is 6.38. The predicted octanol–water partition coefficient (Wildman–Crippen LogP) is 1.12. The number of rotatable bonds is 4. The molecule has 0 aromatic heterocycles. The topological polar surface area (TPSA) is 68.2 Å². The quantitative estimate of drug-likeness (QED) is 0.437. The van der Waals surface area contributed by atoms with Gasteiger partial charge in [0.2, 0.25) is 0 Å². The van der Waals surface area contributed by atoms with Gasteiger partial charge in [-0.15, -0.1) is 0 Å². The van der Waals surface area contributed by atoms with Crippen molar-refractivity contribution in [3.63, 3.8) is 0 Å². The third-order valence-electron chi connectivity index (χ3n) is 1.13. The van der Waals surface area contributed by atoms with E-state index in [1.807, 2.05) is 0 Å². The zero-order valence-corrected chi connectivity index (χ0v) is 7.14. The van der Waals surface area contributed by atoms with E-state index in [0.29, 0.717) is 10.8 Å². The van der Waals surface area contributed by atoms with Crippen LogP contribution >= 0.6 is 11.6 Å². The van der Waals surface area contributed by atoms with Crippen molar-refractivity contribution in [1.82, 2.24) is 0 Å². The lowest BCUT2D eigenvalue weighted by molar-refractivity contribution is -0.229. The Kier molecular flexibility index (Phi) is 4.00. The van der Waals surface area contributed by atoms with Crippen LogP contribution in [-0.4, -0.2) is 17.6 Å². The molecule has 0 atom stereocenters. The van der Waals surface area contributed by atoms with E-state index < -0.39 is 7.32 Å². The van der Waals surface area contributed by atoms with Gasteiger partial charge in [0.25, 0.3) is 0 Å². The molecule has 7 heteroatoms. The molecular weight excluding hydrogens is 198 g/mol. The molecule has 1 rings (SSSR count). The number of benzene rings is 1. The summed E-state index contributed by atoms with van der Waals surface area (Å²) in [5.74, 6) is 0.320. The van der Waals surface area contributed by atoms with Crippen molar-refractivity contribution >= 4 is 18.9 Å². The van der Waals surface area contributed by atoms with Crippen LogP contribution in [0.15, 0.2) is 24.3 Å². The van der Waals surface area contributed by atoms with Gasteiger partial charge in [0.1, 0.15) is 0 Å². The maximum absolute atomic E-state index is 8.53. The molecule has 0 fully saturated rings. The number of hydrogen-bond acceptors (Lipinski definition) is 5. The molecule has 13 heavy (non-hydrogen) atoms. The molecule has 5 nitrogen and oxygen atoms in total. The summed E-state index contributed by atoms with van der Waals surface area (Å²) in [6.07, 6.45) is 0. The molecule has 0 amide bonds. The Balaban J connectivity index is 2.41. The van der Waals surface area contributed by atoms with Crippen LogP contribution in [0.2, 0.25) is 5.02 Å². The van der Waals surface area contributed by atoms with Gasteiger partial charge in [-0.05, 0) is 24.3 Å². The number of hydrogen-bond donors (Lipinski definition) is 2. The first-order chi connectivity index (χ1) is 6.22. The molecule has 0 spiro atoms. The summed E-state index contributed by atoms with van der Waals surface area (Å²) in [5, 5.41) is 17.0. The lowest BCUT2D eigenvalue weighted by atomic mass is 10.3. The molecule has 0 aliphatic rings. The SMILES string of the molecule is OOB(O)OOc1ccc(Cl)cc1. The average Bonchev–Trinajstić information content (AvgIpc) is 2.16. The largest absolute Gasteiger partial charge is 0.703 e. The lowest BCUT2D eigenvalue weighted by Gasteiger charge is -2.04. The first kappa shape index (κ1) is 10.3. The summed E-state index contributed by atoms with van der Waals surface area (Å²) in [6.45, 7) is 0. The fraction of sp³-hybridized carbons (Fsp3) is 0. The van der Waals surface area contributed by atoms with Crippen molar-refractivity contribution in [2.24, 2.45) is 0 Å². The average molecular weight is 204 g/mol. The second-order valence-corrected chi connectivity index (χ2v) is 2.48. The van der Waals surface area contributed by atoms with Crippen molar-refractivity contribution in [2.45, 2.75) is 0 Å². The molecule has 0 bridgehead atoms. The Bertz CT molecular complexity index is 254. The third-order valence-corrected chi connectivity index (χ3v) is 1.38. The highest BCUT2D eigenvalue weighted by atomic mass is 35.5. The van der Waals surface area contributed by atoms with Crippen LogP contribution in [0, 0.1) is 0 Å². The highest BCUT2D eigenvalue weighted by molar-refractivity contribution is 6.33. The van der Waals surface area contributed by atoms with Gasteiger partial charge in [0, 0.05) is 5.02 Å². The first-order valence-corrected chi connectivity index (χ1v) is 3.67. The molecule has 0 aliphatic heterocycles. The summed E-state index contributed by atoms with van der Waals surface area (Å²) in [6, 6.07) is 6.19. The smallest absolute Gasteiger partial charge is 0.398 e. The monoisotopic (exact) mass is 204 g/mol. The molecule has 0 radical (unpaired) electrons. The van der Waals surface area contributed by atoms with Crippen molar-refractivity contribution in [3.05, 3.63) is 29.3 Å². The van der Waals surface area contributed by atoms with Crippen LogP contribution in [-0.2, 0) is 9.61 Å². The Labute approximate surface area is 79.4 Å². The van der Waals surface area contributed by atoms with Gasteiger partial charge in [0.15, 0.2) is 5.75 Å². The van der Waals surface area contributed by atoms with Crippen LogP contribution in [0.3, 0.4) is 0 Å². The van der Waals surface area contributed by atoms with Gasteiger partial charge >= 0.3 is 7.32 Å². The summed E-state index contributed by atoms with van der Waals surface area (Å²) in [5.41, 5.74) is 0. The van der Waals surface area contributed by atoms with Crippen molar-refractivity contribution < 1.29 is 24.8 Å².